The number of amides is 3. The number of thiazole rings is 1. The van der Waals surface area contributed by atoms with Gasteiger partial charge < -0.3 is 15.7 Å². The summed E-state index contributed by atoms with van der Waals surface area (Å²) in [5, 5.41) is 20.9. The third-order valence-corrected chi connectivity index (χ3v) is 6.12. The first-order chi connectivity index (χ1) is 15.4. The molecule has 0 radical (unpaired) electrons. The molecule has 0 spiro atoms. The van der Waals surface area contributed by atoms with Crippen molar-refractivity contribution in [2.45, 2.75) is 24.5 Å². The number of aromatic nitrogens is 1. The zero-order valence-corrected chi connectivity index (χ0v) is 18.2. The number of nitrogens with one attached hydrogen (secondary N) is 3. The molecule has 8 heteroatoms. The molecule has 3 amide bonds. The minimum absolute atomic E-state index is 0.302. The van der Waals surface area contributed by atoms with Gasteiger partial charge in [-0.15, -0.1) is 17.8 Å². The Morgan fingerprint density at radius 2 is 1.94 bits per heavy atom. The van der Waals surface area contributed by atoms with Crippen molar-refractivity contribution in [1.82, 2.24) is 15.6 Å². The maximum absolute atomic E-state index is 12.7. The number of nitrogens with zero attached hydrogens (tertiary/aromatic N) is 1. The van der Waals surface area contributed by atoms with E-state index in [-0.39, 0.29) is 0 Å². The summed E-state index contributed by atoms with van der Waals surface area (Å²) in [5.41, 5.74) is 2.09. The number of benzene rings is 2. The molecule has 4 N–H and O–H groups in total. The second-order valence-corrected chi connectivity index (χ2v) is 8.39. The highest BCUT2D eigenvalue weighted by atomic mass is 32.1. The lowest BCUT2D eigenvalue weighted by Crippen LogP contribution is -2.41. The van der Waals surface area contributed by atoms with Crippen LogP contribution in [0.1, 0.15) is 35.0 Å². The average Bonchev–Trinajstić information content (AvgIpc) is 3.41. The van der Waals surface area contributed by atoms with Crippen LogP contribution in [0.25, 0.3) is 11.1 Å². The van der Waals surface area contributed by atoms with E-state index < -0.39 is 23.6 Å². The maximum atomic E-state index is 12.7. The lowest BCUT2D eigenvalue weighted by Gasteiger charge is -2.23. The quantitative estimate of drug-likeness (QED) is 0.436. The normalized spacial score (nSPS) is 14.7. The van der Waals surface area contributed by atoms with Crippen molar-refractivity contribution in [3.05, 3.63) is 70.0 Å². The lowest BCUT2D eigenvalue weighted by molar-refractivity contribution is -0.122. The molecule has 1 unspecified atom stereocenters. The number of carbonyl (C=O) groups excluding carboxylic acids is 2. The van der Waals surface area contributed by atoms with Crippen molar-refractivity contribution in [3.8, 4) is 23.5 Å². The summed E-state index contributed by atoms with van der Waals surface area (Å²) in [7, 11) is 1.50. The Morgan fingerprint density at radius 1 is 1.19 bits per heavy atom. The zero-order valence-electron chi connectivity index (χ0n) is 17.4. The first-order valence-corrected chi connectivity index (χ1v) is 10.9. The molecule has 1 heterocycles. The Balaban J connectivity index is 1.66. The van der Waals surface area contributed by atoms with E-state index in [9.17, 15) is 14.7 Å². The van der Waals surface area contributed by atoms with Gasteiger partial charge in [-0.2, -0.15) is 0 Å². The van der Waals surface area contributed by atoms with Gasteiger partial charge in [-0.05, 0) is 47.1 Å². The van der Waals surface area contributed by atoms with Gasteiger partial charge in [0, 0.05) is 12.4 Å². The SMILES string of the molecule is C#Cc1nc(NC(=O)NC(C(=O)NC)c2ccc(-c3ccccc3)cc2C2(O)CC2)cs1. The van der Waals surface area contributed by atoms with E-state index in [1.807, 2.05) is 42.5 Å². The summed E-state index contributed by atoms with van der Waals surface area (Å²) in [4.78, 5) is 29.5. The van der Waals surface area contributed by atoms with E-state index in [0.717, 1.165) is 11.1 Å². The number of urea groups is 1. The molecule has 162 valence electrons. The highest BCUT2D eigenvalue weighted by molar-refractivity contribution is 7.10. The van der Waals surface area contributed by atoms with Gasteiger partial charge in [-0.1, -0.05) is 42.5 Å². The van der Waals surface area contributed by atoms with Crippen molar-refractivity contribution in [2.75, 3.05) is 12.4 Å². The van der Waals surface area contributed by atoms with Crippen LogP contribution in [0.5, 0.6) is 0 Å². The minimum atomic E-state index is -1.01. The van der Waals surface area contributed by atoms with Gasteiger partial charge in [0.05, 0.1) is 5.60 Å². The molecule has 1 aromatic heterocycles. The van der Waals surface area contributed by atoms with Gasteiger partial charge in [0.2, 0.25) is 5.91 Å². The highest BCUT2D eigenvalue weighted by Crippen LogP contribution is 2.48. The largest absolute Gasteiger partial charge is 0.385 e. The summed E-state index contributed by atoms with van der Waals surface area (Å²) in [6.07, 6.45) is 6.51. The van der Waals surface area contributed by atoms with Gasteiger partial charge >= 0.3 is 6.03 Å². The second kappa shape index (κ2) is 8.83. The zero-order chi connectivity index (χ0) is 22.7. The van der Waals surface area contributed by atoms with Crippen molar-refractivity contribution >= 4 is 29.1 Å². The smallest absolute Gasteiger partial charge is 0.321 e. The van der Waals surface area contributed by atoms with Crippen LogP contribution in [-0.4, -0.2) is 29.1 Å². The Kier molecular flexibility index (Phi) is 5.95. The average molecular weight is 447 g/mol. The molecule has 32 heavy (non-hydrogen) atoms. The summed E-state index contributed by atoms with van der Waals surface area (Å²) < 4.78 is 0. The fourth-order valence-corrected chi connectivity index (χ4v) is 4.07. The standard InChI is InChI=1S/C24H22N4O3S/c1-3-20-26-19(14-32-20)27-23(30)28-21(22(29)25-2)17-10-9-16(15-7-5-4-6-8-15)13-18(17)24(31)11-12-24/h1,4-10,13-14,21,31H,11-12H2,2H3,(H,25,29)(H2,27,28,30). The van der Waals surface area contributed by atoms with Crippen molar-refractivity contribution in [1.29, 1.82) is 0 Å². The fourth-order valence-electron chi connectivity index (χ4n) is 3.52. The predicted molar refractivity (Wildman–Crippen MR) is 124 cm³/mol. The molecule has 0 aliphatic heterocycles. The molecule has 1 fully saturated rings. The van der Waals surface area contributed by atoms with Crippen LogP contribution in [0.4, 0.5) is 10.6 Å². The molecule has 1 aliphatic carbocycles. The van der Waals surface area contributed by atoms with Crippen molar-refractivity contribution < 1.29 is 14.7 Å². The maximum Gasteiger partial charge on any atom is 0.321 e. The molecule has 0 bridgehead atoms. The highest BCUT2D eigenvalue weighted by Gasteiger charge is 2.45. The number of hydrogen-bond acceptors (Lipinski definition) is 5. The van der Waals surface area contributed by atoms with E-state index in [4.69, 9.17) is 6.42 Å². The van der Waals surface area contributed by atoms with Crippen LogP contribution in [0.2, 0.25) is 0 Å². The van der Waals surface area contributed by atoms with Gasteiger partial charge in [0.1, 0.15) is 11.9 Å². The number of carbonyl (C=O) groups is 2. The van der Waals surface area contributed by atoms with E-state index in [0.29, 0.717) is 34.8 Å². The third-order valence-electron chi connectivity index (χ3n) is 5.35. The number of hydrogen-bond donors (Lipinski definition) is 4. The first kappa shape index (κ1) is 21.6. The molecule has 1 saturated carbocycles. The summed E-state index contributed by atoms with van der Waals surface area (Å²) in [5.74, 6) is 2.31. The number of anilines is 1. The van der Waals surface area contributed by atoms with Crippen molar-refractivity contribution in [3.63, 3.8) is 0 Å². The lowest BCUT2D eigenvalue weighted by atomic mass is 9.90. The second-order valence-electron chi connectivity index (χ2n) is 7.53. The topological polar surface area (TPSA) is 103 Å². The Hall–Kier alpha value is -3.67. The van der Waals surface area contributed by atoms with E-state index in [2.05, 4.69) is 26.9 Å². The van der Waals surface area contributed by atoms with Gasteiger partial charge in [0.25, 0.3) is 0 Å². The summed E-state index contributed by atoms with van der Waals surface area (Å²) in [6.45, 7) is 0. The number of rotatable bonds is 6. The van der Waals surface area contributed by atoms with E-state index >= 15 is 0 Å². The number of likely N-dealkylation sites (N-methyl/N-ethyl adjacent to an activating group) is 1. The molecule has 3 aromatic rings. The Morgan fingerprint density at radius 3 is 2.56 bits per heavy atom. The third kappa shape index (κ3) is 4.49. The van der Waals surface area contributed by atoms with Gasteiger partial charge in [0.15, 0.2) is 5.01 Å². The molecule has 2 aromatic carbocycles. The molecule has 7 nitrogen and oxygen atoms in total. The number of terminal acetylenes is 1. The van der Waals surface area contributed by atoms with Crippen LogP contribution in [0, 0.1) is 12.3 Å². The van der Waals surface area contributed by atoms with Crippen LogP contribution >= 0.6 is 11.3 Å². The summed E-state index contributed by atoms with van der Waals surface area (Å²) >= 11 is 1.23. The van der Waals surface area contributed by atoms with E-state index in [1.54, 1.807) is 11.4 Å². The van der Waals surface area contributed by atoms with Crippen LogP contribution in [-0.2, 0) is 10.4 Å². The molecule has 1 atom stereocenters. The van der Waals surface area contributed by atoms with Gasteiger partial charge in [-0.3, -0.25) is 10.1 Å². The van der Waals surface area contributed by atoms with Crippen LogP contribution in [0.15, 0.2) is 53.9 Å². The predicted octanol–water partition coefficient (Wildman–Crippen LogP) is 3.38. The fraction of sp³-hybridized carbons (Fsp3) is 0.208. The van der Waals surface area contributed by atoms with Crippen LogP contribution in [0.3, 0.4) is 0 Å². The molecule has 1 aliphatic rings. The van der Waals surface area contributed by atoms with E-state index in [1.165, 1.54) is 18.4 Å². The monoisotopic (exact) mass is 446 g/mol. The molecule has 4 rings (SSSR count). The van der Waals surface area contributed by atoms with Gasteiger partial charge in [-0.25, -0.2) is 9.78 Å². The first-order valence-electron chi connectivity index (χ1n) is 10.1. The van der Waals surface area contributed by atoms with Crippen molar-refractivity contribution in [2.24, 2.45) is 0 Å². The molecular formula is C24H22N4O3S. The minimum Gasteiger partial charge on any atom is -0.385 e. The number of aliphatic hydroxyl groups is 1. The summed E-state index contributed by atoms with van der Waals surface area (Å²) in [6, 6.07) is 13.7. The molecule has 0 saturated heterocycles. The molecular weight excluding hydrogens is 424 g/mol. The Bertz CT molecular complexity index is 1200. The Labute approximate surface area is 189 Å². The van der Waals surface area contributed by atoms with Crippen LogP contribution < -0.4 is 16.0 Å².